The molecule has 3 aliphatic rings. The maximum atomic E-state index is 12.0. The number of rotatable bonds is 7. The van der Waals surface area contributed by atoms with Crippen molar-refractivity contribution in [1.82, 2.24) is 9.97 Å². The molecule has 1 saturated carbocycles. The highest BCUT2D eigenvalue weighted by Gasteiger charge is 2.51. The van der Waals surface area contributed by atoms with Crippen molar-refractivity contribution in [3.8, 4) is 17.1 Å². The normalized spacial score (nSPS) is 26.4. The topological polar surface area (TPSA) is 103 Å². The second kappa shape index (κ2) is 9.03. The molecule has 2 aliphatic heterocycles. The molecule has 36 heavy (non-hydrogen) atoms. The van der Waals surface area contributed by atoms with Gasteiger partial charge in [0.05, 0.1) is 47.5 Å². The van der Waals surface area contributed by atoms with Crippen LogP contribution in [0.4, 0.5) is 0 Å². The van der Waals surface area contributed by atoms with E-state index in [9.17, 15) is 9.90 Å². The van der Waals surface area contributed by atoms with Crippen molar-refractivity contribution >= 4 is 28.6 Å². The van der Waals surface area contributed by atoms with Gasteiger partial charge in [-0.1, -0.05) is 49.7 Å². The number of fused-ring (bicyclic) bond motifs is 2. The number of benzene rings is 1. The molecule has 3 aromatic rings. The van der Waals surface area contributed by atoms with E-state index in [4.69, 9.17) is 35.5 Å². The highest BCUT2D eigenvalue weighted by Crippen LogP contribution is 2.48. The predicted octanol–water partition coefficient (Wildman–Crippen LogP) is 4.02. The lowest BCUT2D eigenvalue weighted by Crippen LogP contribution is -2.36. The summed E-state index contributed by atoms with van der Waals surface area (Å²) in [7, 11) is 0. The molecule has 0 bridgehead atoms. The molecule has 2 aromatic heterocycles. The maximum absolute atomic E-state index is 12.0. The van der Waals surface area contributed by atoms with Gasteiger partial charge in [0.25, 0.3) is 0 Å². The lowest BCUT2D eigenvalue weighted by molar-refractivity contribution is -0.157. The number of ether oxygens (including phenoxy) is 4. The van der Waals surface area contributed by atoms with Crippen molar-refractivity contribution in [2.24, 2.45) is 5.92 Å². The minimum atomic E-state index is -0.428. The van der Waals surface area contributed by atoms with Crippen LogP contribution in [-0.4, -0.2) is 65.3 Å². The van der Waals surface area contributed by atoms with Crippen LogP contribution < -0.4 is 4.74 Å². The quantitative estimate of drug-likeness (QED) is 0.461. The highest BCUT2D eigenvalue weighted by atomic mass is 35.5. The van der Waals surface area contributed by atoms with E-state index in [1.807, 2.05) is 24.3 Å². The number of nitrogens with one attached hydrogen (secondary N) is 1. The van der Waals surface area contributed by atoms with Crippen molar-refractivity contribution in [1.29, 1.82) is 0 Å². The Hall–Kier alpha value is -2.65. The van der Waals surface area contributed by atoms with E-state index < -0.39 is 6.10 Å². The largest absolute Gasteiger partial charge is 0.470 e. The monoisotopic (exact) mass is 512 g/mol. The number of aromatic amines is 1. The molecular formula is C27H29ClN2O6. The first-order chi connectivity index (χ1) is 17.4. The molecule has 2 saturated heterocycles. The van der Waals surface area contributed by atoms with Crippen molar-refractivity contribution < 1.29 is 28.8 Å². The molecule has 9 heteroatoms. The van der Waals surface area contributed by atoms with E-state index in [1.54, 1.807) is 13.8 Å². The lowest BCUT2D eigenvalue weighted by atomic mass is 9.95. The number of aliphatic hydroxyl groups excluding tert-OH is 1. The van der Waals surface area contributed by atoms with Gasteiger partial charge in [0.15, 0.2) is 18.1 Å². The van der Waals surface area contributed by atoms with Gasteiger partial charge in [0.2, 0.25) is 0 Å². The average Bonchev–Trinajstić information content (AvgIpc) is 3.19. The van der Waals surface area contributed by atoms with Crippen molar-refractivity contribution in [2.75, 3.05) is 19.8 Å². The molecular weight excluding hydrogens is 484 g/mol. The van der Waals surface area contributed by atoms with Gasteiger partial charge in [-0.05, 0) is 24.5 Å². The first kappa shape index (κ1) is 23.7. The van der Waals surface area contributed by atoms with E-state index in [-0.39, 0.29) is 42.2 Å². The van der Waals surface area contributed by atoms with Gasteiger partial charge in [0.1, 0.15) is 12.2 Å². The first-order valence-corrected chi connectivity index (χ1v) is 12.8. The molecule has 190 valence electrons. The van der Waals surface area contributed by atoms with E-state index in [2.05, 4.69) is 17.1 Å². The number of nitrogens with zero attached hydrogens (tertiary/aromatic N) is 1. The number of H-pyrrole nitrogens is 1. The van der Waals surface area contributed by atoms with Crippen LogP contribution in [0.3, 0.4) is 0 Å². The second-order valence-electron chi connectivity index (χ2n) is 10.3. The van der Waals surface area contributed by atoms with Crippen LogP contribution in [0.2, 0.25) is 5.02 Å². The summed E-state index contributed by atoms with van der Waals surface area (Å²) in [4.78, 5) is 20.0. The van der Waals surface area contributed by atoms with Gasteiger partial charge in [-0.15, -0.1) is 0 Å². The van der Waals surface area contributed by atoms with Gasteiger partial charge in [-0.25, -0.2) is 4.98 Å². The van der Waals surface area contributed by atoms with Crippen LogP contribution in [0.1, 0.15) is 32.3 Å². The molecule has 4 heterocycles. The zero-order chi connectivity index (χ0) is 25.0. The van der Waals surface area contributed by atoms with Crippen molar-refractivity contribution in [3.63, 3.8) is 0 Å². The molecule has 6 rings (SSSR count). The summed E-state index contributed by atoms with van der Waals surface area (Å²) in [6.45, 7) is 4.40. The number of aromatic nitrogens is 2. The Morgan fingerprint density at radius 3 is 2.53 bits per heavy atom. The van der Waals surface area contributed by atoms with Crippen LogP contribution in [0.25, 0.3) is 22.3 Å². The number of carbonyl (C=O) groups excluding carboxylic acids is 1. The zero-order valence-corrected chi connectivity index (χ0v) is 21.0. The van der Waals surface area contributed by atoms with Crippen LogP contribution in [0.15, 0.2) is 36.4 Å². The van der Waals surface area contributed by atoms with E-state index >= 15 is 0 Å². The molecule has 8 nitrogen and oxygen atoms in total. The Balaban J connectivity index is 1.17. The SMILES string of the molecule is CC(C)C(=O)OC1COC2C(Oc3cc4nc(-c5ccc(C6(CO)CC6)cc5)c(Cl)cc4[nH]3)COC12. The van der Waals surface area contributed by atoms with Crippen LogP contribution in [-0.2, 0) is 24.4 Å². The summed E-state index contributed by atoms with van der Waals surface area (Å²) in [5.41, 5.74) is 4.17. The number of halogens is 1. The molecule has 0 spiro atoms. The molecule has 0 amide bonds. The summed E-state index contributed by atoms with van der Waals surface area (Å²) in [6.07, 6.45) is 0.605. The third-order valence-electron chi connectivity index (χ3n) is 7.44. The lowest BCUT2D eigenvalue weighted by Gasteiger charge is -2.18. The molecule has 4 unspecified atom stereocenters. The minimum Gasteiger partial charge on any atom is -0.470 e. The van der Waals surface area contributed by atoms with Crippen molar-refractivity contribution in [2.45, 2.75) is 56.5 Å². The Kier molecular flexibility index (Phi) is 5.95. The highest BCUT2D eigenvalue weighted by molar-refractivity contribution is 6.33. The van der Waals surface area contributed by atoms with E-state index in [0.717, 1.165) is 35.0 Å². The Bertz CT molecular complexity index is 1290. The third kappa shape index (κ3) is 4.16. The first-order valence-electron chi connectivity index (χ1n) is 12.4. The number of aliphatic hydroxyl groups is 1. The molecule has 3 fully saturated rings. The van der Waals surface area contributed by atoms with Crippen LogP contribution in [0, 0.1) is 5.92 Å². The molecule has 1 aromatic carbocycles. The average molecular weight is 513 g/mol. The third-order valence-corrected chi connectivity index (χ3v) is 7.73. The molecule has 4 atom stereocenters. The smallest absolute Gasteiger partial charge is 0.308 e. The maximum Gasteiger partial charge on any atom is 0.308 e. The Morgan fingerprint density at radius 1 is 1.17 bits per heavy atom. The summed E-state index contributed by atoms with van der Waals surface area (Å²) in [5, 5.41) is 10.2. The summed E-state index contributed by atoms with van der Waals surface area (Å²) < 4.78 is 23.5. The second-order valence-corrected chi connectivity index (χ2v) is 10.7. The number of carbonyl (C=O) groups is 1. The van der Waals surface area contributed by atoms with Gasteiger partial charge < -0.3 is 29.0 Å². The Morgan fingerprint density at radius 2 is 1.86 bits per heavy atom. The zero-order valence-electron chi connectivity index (χ0n) is 20.2. The minimum absolute atomic E-state index is 0.0747. The molecule has 0 radical (unpaired) electrons. The van der Waals surface area contributed by atoms with Crippen molar-refractivity contribution in [3.05, 3.63) is 47.0 Å². The van der Waals surface area contributed by atoms with Gasteiger partial charge in [0, 0.05) is 17.0 Å². The molecule has 2 N–H and O–H groups in total. The summed E-state index contributed by atoms with van der Waals surface area (Å²) >= 11 is 6.59. The van der Waals surface area contributed by atoms with Gasteiger partial charge in [-0.3, -0.25) is 4.79 Å². The summed E-state index contributed by atoms with van der Waals surface area (Å²) in [6, 6.07) is 11.8. The predicted molar refractivity (Wildman–Crippen MR) is 133 cm³/mol. The van der Waals surface area contributed by atoms with Crippen LogP contribution >= 0.6 is 11.6 Å². The fourth-order valence-electron chi connectivity index (χ4n) is 5.02. The number of hydrogen-bond donors (Lipinski definition) is 2. The van der Waals surface area contributed by atoms with E-state index in [1.165, 1.54) is 0 Å². The van der Waals surface area contributed by atoms with Crippen LogP contribution in [0.5, 0.6) is 5.88 Å². The fourth-order valence-corrected chi connectivity index (χ4v) is 5.28. The van der Waals surface area contributed by atoms with Gasteiger partial charge >= 0.3 is 5.97 Å². The number of pyridine rings is 1. The fraction of sp³-hybridized carbons (Fsp3) is 0.481. The molecule has 1 aliphatic carbocycles. The summed E-state index contributed by atoms with van der Waals surface area (Å²) in [5.74, 6) is 0.0724. The van der Waals surface area contributed by atoms with Gasteiger partial charge in [-0.2, -0.15) is 0 Å². The van der Waals surface area contributed by atoms with E-state index in [0.29, 0.717) is 29.8 Å². The number of esters is 1. The number of hydrogen-bond acceptors (Lipinski definition) is 7. The standard InChI is InChI=1S/C27H29ClN2O6/c1-14(2)26(32)36-21-12-34-24-20(11-33-25(21)24)35-22-10-19-18(29-22)9-17(28)23(30-19)15-3-5-16(6-4-15)27(13-31)7-8-27/h3-6,9-10,14,20-21,24-25,29,31H,7-8,11-13H2,1-2H3. The Labute approximate surface area is 213 Å².